The van der Waals surface area contributed by atoms with Crippen LogP contribution in [-0.2, 0) is 9.59 Å². The van der Waals surface area contributed by atoms with Gasteiger partial charge in [0.1, 0.15) is 0 Å². The van der Waals surface area contributed by atoms with Crippen LogP contribution < -0.4 is 5.32 Å². The maximum Gasteiger partial charge on any atom is 0.331 e. The van der Waals surface area contributed by atoms with Gasteiger partial charge in [-0.05, 0) is 106 Å². The number of amides is 1. The van der Waals surface area contributed by atoms with Gasteiger partial charge in [0.2, 0.25) is 5.91 Å². The fraction of sp³-hybridized carbons (Fsp3) is 0.846. The highest BCUT2D eigenvalue weighted by molar-refractivity contribution is 5.87. The Balaban J connectivity index is 1.60. The molecule has 1 amide bonds. The van der Waals surface area contributed by atoms with E-state index in [0.717, 1.165) is 25.7 Å². The number of rotatable bonds is 2. The topological polar surface area (TPSA) is 66.4 Å². The molecule has 0 radical (unpaired) electrons. The van der Waals surface area contributed by atoms with Gasteiger partial charge in [-0.1, -0.05) is 26.8 Å². The number of hydrogen-bond acceptors (Lipinski definition) is 2. The summed E-state index contributed by atoms with van der Waals surface area (Å²) in [5.74, 6) is 1.59. The molecule has 168 valence electrons. The monoisotopic (exact) mass is 415 g/mol. The molecular formula is C26H41NO3. The zero-order chi connectivity index (χ0) is 22.1. The minimum atomic E-state index is -0.736. The van der Waals surface area contributed by atoms with E-state index in [0.29, 0.717) is 29.7 Å². The van der Waals surface area contributed by atoms with Gasteiger partial charge < -0.3 is 10.4 Å². The van der Waals surface area contributed by atoms with Crippen LogP contribution in [0, 0.1) is 39.9 Å². The summed E-state index contributed by atoms with van der Waals surface area (Å²) in [6, 6.07) is 0. The summed E-state index contributed by atoms with van der Waals surface area (Å²) in [4.78, 5) is 24.8. The molecule has 4 aliphatic rings. The minimum absolute atomic E-state index is 0.0184. The fourth-order valence-corrected chi connectivity index (χ4v) is 8.27. The van der Waals surface area contributed by atoms with Crippen molar-refractivity contribution in [1.29, 1.82) is 0 Å². The Morgan fingerprint density at radius 2 is 1.70 bits per heavy atom. The zero-order valence-electron chi connectivity index (χ0n) is 19.8. The summed E-state index contributed by atoms with van der Waals surface area (Å²) in [6.45, 7) is 13.4. The van der Waals surface area contributed by atoms with Crippen molar-refractivity contribution in [1.82, 2.24) is 5.32 Å². The van der Waals surface area contributed by atoms with Gasteiger partial charge in [0.05, 0.1) is 0 Å². The molecule has 0 unspecified atom stereocenters. The lowest BCUT2D eigenvalue weighted by Crippen LogP contribution is -2.57. The average molecular weight is 416 g/mol. The highest BCUT2D eigenvalue weighted by Gasteiger charge is 2.63. The number of nitrogens with one attached hydrogen (secondary N) is 1. The Kier molecular flexibility index (Phi) is 4.99. The van der Waals surface area contributed by atoms with Crippen LogP contribution in [0.3, 0.4) is 0 Å². The van der Waals surface area contributed by atoms with E-state index in [4.69, 9.17) is 0 Å². The number of fused-ring (bicyclic) bond motifs is 5. The lowest BCUT2D eigenvalue weighted by molar-refractivity contribution is -0.143. The standard InChI is InChI=1S/C26H41NO3/c1-23(2,3)27-21(28)20-8-7-18-17-10-12-24(4)15-16(22(29)30)9-14-26(24,6)19(17)11-13-25(18,20)5/h15,17-20H,7-14H2,1-6H3,(H,27,28)(H,29,30)/t17-,18-,19-,20+,24-,25-,26+/m0/s1. The molecule has 0 aromatic heterocycles. The van der Waals surface area contributed by atoms with E-state index < -0.39 is 5.97 Å². The first kappa shape index (κ1) is 21.9. The number of aliphatic carboxylic acids is 1. The van der Waals surface area contributed by atoms with Crippen molar-refractivity contribution < 1.29 is 14.7 Å². The minimum Gasteiger partial charge on any atom is -0.478 e. The molecule has 0 heterocycles. The Hall–Kier alpha value is -1.32. The van der Waals surface area contributed by atoms with Gasteiger partial charge >= 0.3 is 5.97 Å². The number of carboxylic acid groups (broad SMARTS) is 1. The molecule has 4 nitrogen and oxygen atoms in total. The van der Waals surface area contributed by atoms with E-state index in [9.17, 15) is 14.7 Å². The molecule has 4 aliphatic carbocycles. The lowest BCUT2D eigenvalue weighted by atomic mass is 9.41. The smallest absolute Gasteiger partial charge is 0.331 e. The highest BCUT2D eigenvalue weighted by atomic mass is 16.4. The van der Waals surface area contributed by atoms with Crippen molar-refractivity contribution in [3.8, 4) is 0 Å². The van der Waals surface area contributed by atoms with Crippen molar-refractivity contribution in [2.45, 2.75) is 98.4 Å². The van der Waals surface area contributed by atoms with Gasteiger partial charge in [0.15, 0.2) is 0 Å². The molecule has 0 aromatic carbocycles. The first-order chi connectivity index (χ1) is 13.8. The molecule has 3 saturated carbocycles. The van der Waals surface area contributed by atoms with Crippen LogP contribution in [0.4, 0.5) is 0 Å². The van der Waals surface area contributed by atoms with Gasteiger partial charge in [0, 0.05) is 17.0 Å². The van der Waals surface area contributed by atoms with Crippen LogP contribution in [0.2, 0.25) is 0 Å². The van der Waals surface area contributed by atoms with Crippen LogP contribution in [0.25, 0.3) is 0 Å². The Morgan fingerprint density at radius 1 is 1.00 bits per heavy atom. The normalized spacial score (nSPS) is 45.6. The molecule has 0 bridgehead atoms. The maximum absolute atomic E-state index is 13.1. The zero-order valence-corrected chi connectivity index (χ0v) is 19.8. The molecule has 0 saturated heterocycles. The molecule has 4 heteroatoms. The van der Waals surface area contributed by atoms with E-state index in [1.807, 2.05) is 0 Å². The lowest BCUT2D eigenvalue weighted by Gasteiger charge is -2.63. The second kappa shape index (κ2) is 6.84. The molecule has 0 aliphatic heterocycles. The average Bonchev–Trinajstić information content (AvgIpc) is 2.97. The molecule has 2 N–H and O–H groups in total. The highest BCUT2D eigenvalue weighted by Crippen LogP contribution is 2.70. The third-order valence-corrected chi connectivity index (χ3v) is 10.1. The number of carbonyl (C=O) groups is 2. The van der Waals surface area contributed by atoms with Crippen molar-refractivity contribution in [3.05, 3.63) is 11.6 Å². The molecular weight excluding hydrogens is 374 g/mol. The number of hydrogen-bond donors (Lipinski definition) is 2. The summed E-state index contributed by atoms with van der Waals surface area (Å²) in [5, 5.41) is 12.8. The molecule has 3 fully saturated rings. The van der Waals surface area contributed by atoms with Gasteiger partial charge in [-0.25, -0.2) is 4.79 Å². The molecule has 30 heavy (non-hydrogen) atoms. The largest absolute Gasteiger partial charge is 0.478 e. The van der Waals surface area contributed by atoms with Crippen molar-refractivity contribution in [2.24, 2.45) is 39.9 Å². The summed E-state index contributed by atoms with van der Waals surface area (Å²) >= 11 is 0. The van der Waals surface area contributed by atoms with Crippen LogP contribution in [0.15, 0.2) is 11.6 Å². The van der Waals surface area contributed by atoms with Crippen molar-refractivity contribution in [2.75, 3.05) is 0 Å². The van der Waals surface area contributed by atoms with Gasteiger partial charge in [-0.2, -0.15) is 0 Å². The van der Waals surface area contributed by atoms with E-state index in [1.165, 1.54) is 19.3 Å². The summed E-state index contributed by atoms with van der Waals surface area (Å²) in [6.07, 6.45) is 10.6. The van der Waals surface area contributed by atoms with Crippen molar-refractivity contribution >= 4 is 11.9 Å². The van der Waals surface area contributed by atoms with Gasteiger partial charge in [0.25, 0.3) is 0 Å². The van der Waals surface area contributed by atoms with Crippen LogP contribution in [0.1, 0.15) is 92.9 Å². The Bertz CT molecular complexity index is 780. The third kappa shape index (κ3) is 3.15. The number of carboxylic acids is 1. The second-order valence-corrected chi connectivity index (χ2v) is 12.6. The summed E-state index contributed by atoms with van der Waals surface area (Å²) in [5.41, 5.74) is 0.697. The van der Waals surface area contributed by atoms with Crippen LogP contribution >= 0.6 is 0 Å². The van der Waals surface area contributed by atoms with E-state index in [-0.39, 0.29) is 33.6 Å². The quantitative estimate of drug-likeness (QED) is 0.619. The first-order valence-electron chi connectivity index (χ1n) is 12.1. The van der Waals surface area contributed by atoms with Gasteiger partial charge in [-0.3, -0.25) is 4.79 Å². The predicted molar refractivity (Wildman–Crippen MR) is 119 cm³/mol. The predicted octanol–water partition coefficient (Wildman–Crippen LogP) is 5.57. The summed E-state index contributed by atoms with van der Waals surface area (Å²) < 4.78 is 0. The maximum atomic E-state index is 13.1. The Morgan fingerprint density at radius 3 is 2.33 bits per heavy atom. The van der Waals surface area contributed by atoms with Crippen LogP contribution in [-0.4, -0.2) is 22.5 Å². The van der Waals surface area contributed by atoms with E-state index in [2.05, 4.69) is 52.9 Å². The first-order valence-corrected chi connectivity index (χ1v) is 12.1. The SMILES string of the molecule is CC(C)(C)NC(=O)[C@H]1CC[C@H]2[C@@H]3CC[C@@]4(C)C=C(C(=O)O)CC[C@]4(C)[C@H]3CC[C@]12C. The van der Waals surface area contributed by atoms with Gasteiger partial charge in [-0.15, -0.1) is 0 Å². The van der Waals surface area contributed by atoms with E-state index >= 15 is 0 Å². The molecule has 0 aromatic rings. The number of allylic oxidation sites excluding steroid dienone is 1. The fourth-order valence-electron chi connectivity index (χ4n) is 8.27. The number of carbonyl (C=O) groups excluding carboxylic acids is 1. The molecule has 4 rings (SSSR count). The Labute approximate surface area is 182 Å². The van der Waals surface area contributed by atoms with Crippen molar-refractivity contribution in [3.63, 3.8) is 0 Å². The third-order valence-electron chi connectivity index (χ3n) is 10.1. The second-order valence-electron chi connectivity index (χ2n) is 12.6. The van der Waals surface area contributed by atoms with Crippen LogP contribution in [0.5, 0.6) is 0 Å². The van der Waals surface area contributed by atoms with E-state index in [1.54, 1.807) is 0 Å². The molecule has 7 atom stereocenters. The molecule has 0 spiro atoms. The summed E-state index contributed by atoms with van der Waals surface area (Å²) in [7, 11) is 0.